The number of aliphatic imine (C=N–C) groups is 1. The Morgan fingerprint density at radius 3 is 2.44 bits per heavy atom. The number of rotatable bonds is 7. The summed E-state index contributed by atoms with van der Waals surface area (Å²) in [6, 6.07) is 11.3. The third kappa shape index (κ3) is 7.33. The van der Waals surface area contributed by atoms with Gasteiger partial charge in [-0.25, -0.2) is 0 Å². The molecule has 1 aromatic carbocycles. The van der Waals surface area contributed by atoms with E-state index in [1.165, 1.54) is 5.69 Å². The number of hydrogen-bond donors (Lipinski definition) is 2. The molecule has 0 unspecified atom stereocenters. The topological polar surface area (TPSA) is 42.9 Å². The van der Waals surface area contributed by atoms with Gasteiger partial charge >= 0.3 is 0 Å². The molecule has 1 heterocycles. The Kier molecular flexibility index (Phi) is 9.97. The lowest BCUT2D eigenvalue weighted by Gasteiger charge is -2.36. The van der Waals surface area contributed by atoms with Gasteiger partial charge in [-0.1, -0.05) is 30.4 Å². The van der Waals surface area contributed by atoms with Gasteiger partial charge in [0.1, 0.15) is 0 Å². The van der Waals surface area contributed by atoms with Crippen molar-refractivity contribution in [2.75, 3.05) is 50.7 Å². The second-order valence-electron chi connectivity index (χ2n) is 7.06. The Morgan fingerprint density at radius 1 is 1.07 bits per heavy atom. The maximum atomic E-state index is 4.75. The molecule has 27 heavy (non-hydrogen) atoms. The molecule has 1 saturated heterocycles. The van der Waals surface area contributed by atoms with Crippen LogP contribution >= 0.6 is 24.0 Å². The summed E-state index contributed by atoms with van der Waals surface area (Å²) in [5.41, 5.74) is 1.35. The molecule has 0 spiro atoms. The van der Waals surface area contributed by atoms with E-state index in [9.17, 15) is 0 Å². The van der Waals surface area contributed by atoms with Crippen molar-refractivity contribution >= 4 is 35.6 Å². The SMILES string of the molecule is CCNC(=NCCCN1CCN(c2ccccc2)CC1)NC1CC=CC1.I. The van der Waals surface area contributed by atoms with Gasteiger partial charge in [0.2, 0.25) is 0 Å². The quantitative estimate of drug-likeness (QED) is 0.206. The highest BCUT2D eigenvalue weighted by Crippen LogP contribution is 2.15. The summed E-state index contributed by atoms with van der Waals surface area (Å²) < 4.78 is 0. The van der Waals surface area contributed by atoms with Crippen molar-refractivity contribution in [1.29, 1.82) is 0 Å². The molecule has 6 heteroatoms. The highest BCUT2D eigenvalue weighted by Gasteiger charge is 2.16. The van der Waals surface area contributed by atoms with Gasteiger partial charge in [0, 0.05) is 57.5 Å². The third-order valence-electron chi connectivity index (χ3n) is 5.09. The van der Waals surface area contributed by atoms with Gasteiger partial charge < -0.3 is 15.5 Å². The summed E-state index contributed by atoms with van der Waals surface area (Å²) in [6.07, 6.45) is 7.82. The summed E-state index contributed by atoms with van der Waals surface area (Å²) >= 11 is 0. The molecule has 1 aromatic rings. The fourth-order valence-corrected chi connectivity index (χ4v) is 3.60. The van der Waals surface area contributed by atoms with Crippen LogP contribution in [0.2, 0.25) is 0 Å². The smallest absolute Gasteiger partial charge is 0.191 e. The first-order valence-corrected chi connectivity index (χ1v) is 10.1. The molecule has 3 rings (SSSR count). The van der Waals surface area contributed by atoms with Gasteiger partial charge in [0.05, 0.1) is 0 Å². The monoisotopic (exact) mass is 483 g/mol. The molecule has 0 aromatic heterocycles. The van der Waals surface area contributed by atoms with Gasteiger partial charge in [-0.05, 0) is 38.3 Å². The van der Waals surface area contributed by atoms with Crippen LogP contribution in [0.25, 0.3) is 0 Å². The minimum absolute atomic E-state index is 0. The van der Waals surface area contributed by atoms with E-state index in [4.69, 9.17) is 4.99 Å². The zero-order chi connectivity index (χ0) is 18.0. The molecule has 0 bridgehead atoms. The lowest BCUT2D eigenvalue weighted by Crippen LogP contribution is -2.46. The molecule has 150 valence electrons. The van der Waals surface area contributed by atoms with E-state index in [0.29, 0.717) is 6.04 Å². The van der Waals surface area contributed by atoms with E-state index >= 15 is 0 Å². The van der Waals surface area contributed by atoms with E-state index in [1.807, 2.05) is 0 Å². The number of benzene rings is 1. The fraction of sp³-hybridized carbons (Fsp3) is 0.571. The number of guanidine groups is 1. The summed E-state index contributed by atoms with van der Waals surface area (Å²) in [5.74, 6) is 0.968. The number of anilines is 1. The molecule has 2 aliphatic rings. The predicted molar refractivity (Wildman–Crippen MR) is 126 cm³/mol. The molecule has 1 fully saturated rings. The van der Waals surface area contributed by atoms with Crippen LogP contribution in [-0.2, 0) is 0 Å². The number of piperazine rings is 1. The molecule has 1 aliphatic carbocycles. The number of nitrogens with one attached hydrogen (secondary N) is 2. The van der Waals surface area contributed by atoms with Gasteiger partial charge in [0.15, 0.2) is 5.96 Å². The highest BCUT2D eigenvalue weighted by molar-refractivity contribution is 14.0. The molecular weight excluding hydrogens is 449 g/mol. The number of hydrogen-bond acceptors (Lipinski definition) is 3. The van der Waals surface area contributed by atoms with Crippen molar-refractivity contribution in [3.05, 3.63) is 42.5 Å². The van der Waals surface area contributed by atoms with Gasteiger partial charge in [-0.15, -0.1) is 24.0 Å². The molecule has 1 aliphatic heterocycles. The van der Waals surface area contributed by atoms with E-state index in [1.54, 1.807) is 0 Å². The van der Waals surface area contributed by atoms with Crippen LogP contribution in [0.1, 0.15) is 26.2 Å². The van der Waals surface area contributed by atoms with Gasteiger partial charge in [-0.2, -0.15) is 0 Å². The Labute approximate surface area is 181 Å². The molecule has 0 saturated carbocycles. The van der Waals surface area contributed by atoms with Crippen LogP contribution in [0, 0.1) is 0 Å². The lowest BCUT2D eigenvalue weighted by atomic mass is 10.2. The van der Waals surface area contributed by atoms with Gasteiger partial charge in [-0.3, -0.25) is 9.89 Å². The van der Waals surface area contributed by atoms with Crippen molar-refractivity contribution in [3.8, 4) is 0 Å². The van der Waals surface area contributed by atoms with E-state index < -0.39 is 0 Å². The maximum absolute atomic E-state index is 4.75. The molecular formula is C21H34IN5. The van der Waals surface area contributed by atoms with Crippen molar-refractivity contribution in [2.45, 2.75) is 32.2 Å². The number of halogens is 1. The average Bonchev–Trinajstić information content (AvgIpc) is 3.19. The summed E-state index contributed by atoms with van der Waals surface area (Å²) in [4.78, 5) is 9.80. The maximum Gasteiger partial charge on any atom is 0.191 e. The first-order chi connectivity index (χ1) is 12.8. The number of nitrogens with zero attached hydrogens (tertiary/aromatic N) is 3. The largest absolute Gasteiger partial charge is 0.369 e. The fourth-order valence-electron chi connectivity index (χ4n) is 3.60. The van der Waals surface area contributed by atoms with Crippen LogP contribution in [0.5, 0.6) is 0 Å². The van der Waals surface area contributed by atoms with Crippen LogP contribution in [-0.4, -0.2) is 62.7 Å². The second-order valence-corrected chi connectivity index (χ2v) is 7.06. The van der Waals surface area contributed by atoms with Crippen molar-refractivity contribution in [3.63, 3.8) is 0 Å². The van der Waals surface area contributed by atoms with Crippen molar-refractivity contribution < 1.29 is 0 Å². The molecule has 5 nitrogen and oxygen atoms in total. The van der Waals surface area contributed by atoms with Crippen molar-refractivity contribution in [2.24, 2.45) is 4.99 Å². The van der Waals surface area contributed by atoms with E-state index in [-0.39, 0.29) is 24.0 Å². The normalized spacial score (nSPS) is 18.4. The van der Waals surface area contributed by atoms with Crippen LogP contribution in [0.15, 0.2) is 47.5 Å². The first kappa shape index (κ1) is 22.0. The Balaban J connectivity index is 0.00000261. The molecule has 0 amide bonds. The molecule has 0 radical (unpaired) electrons. The van der Waals surface area contributed by atoms with Crippen LogP contribution in [0.3, 0.4) is 0 Å². The zero-order valence-electron chi connectivity index (χ0n) is 16.4. The highest BCUT2D eigenvalue weighted by atomic mass is 127. The summed E-state index contributed by atoms with van der Waals surface area (Å²) in [6.45, 7) is 9.57. The minimum Gasteiger partial charge on any atom is -0.369 e. The summed E-state index contributed by atoms with van der Waals surface area (Å²) in [7, 11) is 0. The van der Waals surface area contributed by atoms with E-state index in [2.05, 4.69) is 69.8 Å². The Hall–Kier alpha value is -1.28. The first-order valence-electron chi connectivity index (χ1n) is 10.1. The zero-order valence-corrected chi connectivity index (χ0v) is 18.8. The molecule has 0 atom stereocenters. The number of para-hydroxylation sites is 1. The van der Waals surface area contributed by atoms with E-state index in [0.717, 1.165) is 71.0 Å². The second kappa shape index (κ2) is 12.2. The van der Waals surface area contributed by atoms with Gasteiger partial charge in [0.25, 0.3) is 0 Å². The summed E-state index contributed by atoms with van der Waals surface area (Å²) in [5, 5.41) is 6.90. The standard InChI is InChI=1S/C21H33N5.HI/c1-2-22-21(24-19-9-6-7-10-19)23-13-8-14-25-15-17-26(18-16-25)20-11-4-3-5-12-20;/h3-7,11-12,19H,2,8-10,13-18H2,1H3,(H2,22,23,24);1H. The predicted octanol–water partition coefficient (Wildman–Crippen LogP) is 3.09. The average molecular weight is 483 g/mol. The van der Waals surface area contributed by atoms with Crippen LogP contribution in [0.4, 0.5) is 5.69 Å². The Bertz CT molecular complexity index is 573. The van der Waals surface area contributed by atoms with Crippen molar-refractivity contribution in [1.82, 2.24) is 15.5 Å². The Morgan fingerprint density at radius 2 is 1.78 bits per heavy atom. The molecule has 2 N–H and O–H groups in total. The van der Waals surface area contributed by atoms with Crippen LogP contribution < -0.4 is 15.5 Å². The minimum atomic E-state index is 0. The lowest BCUT2D eigenvalue weighted by molar-refractivity contribution is 0.256. The third-order valence-corrected chi connectivity index (χ3v) is 5.09.